The molecular formula is C10H17N3. The lowest BCUT2D eigenvalue weighted by Crippen LogP contribution is -2.35. The van der Waals surface area contributed by atoms with Crippen LogP contribution in [0.25, 0.3) is 0 Å². The zero-order valence-corrected chi connectivity index (χ0v) is 8.14. The Labute approximate surface area is 78.9 Å². The van der Waals surface area contributed by atoms with Gasteiger partial charge in [0.25, 0.3) is 0 Å². The first-order chi connectivity index (χ1) is 6.36. The van der Waals surface area contributed by atoms with Gasteiger partial charge < -0.3 is 5.32 Å². The summed E-state index contributed by atoms with van der Waals surface area (Å²) in [6.45, 7) is 3.29. The summed E-state index contributed by atoms with van der Waals surface area (Å²) in [6, 6.07) is 0.660. The van der Waals surface area contributed by atoms with E-state index in [4.69, 9.17) is 0 Å². The molecule has 0 saturated carbocycles. The van der Waals surface area contributed by atoms with Crippen molar-refractivity contribution in [3.05, 3.63) is 17.5 Å². The molecule has 1 saturated heterocycles. The molecule has 13 heavy (non-hydrogen) atoms. The molecule has 2 rings (SSSR count). The zero-order valence-electron chi connectivity index (χ0n) is 8.14. The quantitative estimate of drug-likeness (QED) is 0.720. The molecule has 1 aliphatic heterocycles. The van der Waals surface area contributed by atoms with Gasteiger partial charge in [0.2, 0.25) is 0 Å². The third-order valence-electron chi connectivity index (χ3n) is 2.80. The van der Waals surface area contributed by atoms with Gasteiger partial charge in [-0.2, -0.15) is 5.10 Å². The van der Waals surface area contributed by atoms with Gasteiger partial charge in [-0.25, -0.2) is 0 Å². The highest BCUT2D eigenvalue weighted by atomic mass is 15.1. The fraction of sp³-hybridized carbons (Fsp3) is 0.700. The van der Waals surface area contributed by atoms with Crippen molar-refractivity contribution in [1.29, 1.82) is 0 Å². The lowest BCUT2D eigenvalue weighted by atomic mass is 9.99. The Balaban J connectivity index is 1.93. The van der Waals surface area contributed by atoms with Crippen LogP contribution in [0, 0.1) is 6.92 Å². The van der Waals surface area contributed by atoms with E-state index in [-0.39, 0.29) is 0 Å². The first kappa shape index (κ1) is 8.75. The molecule has 72 valence electrons. The van der Waals surface area contributed by atoms with Gasteiger partial charge in [0.15, 0.2) is 0 Å². The predicted octanol–water partition coefficient (Wildman–Crippen LogP) is 1.40. The van der Waals surface area contributed by atoms with Gasteiger partial charge in [-0.1, -0.05) is 6.42 Å². The Kier molecular flexibility index (Phi) is 2.64. The summed E-state index contributed by atoms with van der Waals surface area (Å²) in [4.78, 5) is 0. The van der Waals surface area contributed by atoms with E-state index in [1.807, 2.05) is 6.20 Å². The number of aromatic amines is 1. The van der Waals surface area contributed by atoms with E-state index in [0.29, 0.717) is 6.04 Å². The molecule has 3 heteroatoms. The number of nitrogens with one attached hydrogen (secondary N) is 2. The molecule has 0 spiro atoms. The number of hydrogen-bond donors (Lipinski definition) is 2. The van der Waals surface area contributed by atoms with Crippen molar-refractivity contribution in [3.63, 3.8) is 0 Å². The fourth-order valence-electron chi connectivity index (χ4n) is 1.92. The number of nitrogens with zero attached hydrogens (tertiary/aromatic N) is 1. The molecule has 0 aliphatic carbocycles. The molecule has 2 N–H and O–H groups in total. The van der Waals surface area contributed by atoms with Gasteiger partial charge in [0.1, 0.15) is 0 Å². The first-order valence-electron chi connectivity index (χ1n) is 5.08. The standard InChI is InChI=1S/C10H17N3/c1-8-7-12-13-10(8)6-9-4-2-3-5-11-9/h7,9,11H,2-6H2,1H3,(H,12,13). The van der Waals surface area contributed by atoms with Crippen LogP contribution in [0.4, 0.5) is 0 Å². The van der Waals surface area contributed by atoms with Gasteiger partial charge in [-0.05, 0) is 31.9 Å². The summed E-state index contributed by atoms with van der Waals surface area (Å²) in [6.07, 6.45) is 7.01. The average molecular weight is 179 g/mol. The van der Waals surface area contributed by atoms with E-state index in [2.05, 4.69) is 22.4 Å². The summed E-state index contributed by atoms with van der Waals surface area (Å²) in [5, 5.41) is 10.6. The van der Waals surface area contributed by atoms with Crippen LogP contribution in [0.2, 0.25) is 0 Å². The van der Waals surface area contributed by atoms with Crippen molar-refractivity contribution in [1.82, 2.24) is 15.5 Å². The fourth-order valence-corrected chi connectivity index (χ4v) is 1.92. The molecule has 1 aromatic heterocycles. The molecule has 1 unspecified atom stereocenters. The van der Waals surface area contributed by atoms with Crippen LogP contribution in [0.3, 0.4) is 0 Å². The second kappa shape index (κ2) is 3.92. The van der Waals surface area contributed by atoms with Crippen LogP contribution < -0.4 is 5.32 Å². The van der Waals surface area contributed by atoms with Gasteiger partial charge in [-0.3, -0.25) is 5.10 Å². The number of piperidine rings is 1. The van der Waals surface area contributed by atoms with Crippen molar-refractivity contribution >= 4 is 0 Å². The van der Waals surface area contributed by atoms with Crippen LogP contribution in [0.1, 0.15) is 30.5 Å². The molecule has 0 bridgehead atoms. The van der Waals surface area contributed by atoms with E-state index >= 15 is 0 Å². The van der Waals surface area contributed by atoms with Crippen LogP contribution >= 0.6 is 0 Å². The lowest BCUT2D eigenvalue weighted by molar-refractivity contribution is 0.396. The molecule has 3 nitrogen and oxygen atoms in total. The van der Waals surface area contributed by atoms with Crippen molar-refractivity contribution in [2.75, 3.05) is 6.54 Å². The Bertz CT molecular complexity index is 261. The molecule has 1 aromatic rings. The van der Waals surface area contributed by atoms with Gasteiger partial charge in [0.05, 0.1) is 6.20 Å². The van der Waals surface area contributed by atoms with Crippen molar-refractivity contribution in [3.8, 4) is 0 Å². The minimum Gasteiger partial charge on any atom is -0.314 e. The zero-order chi connectivity index (χ0) is 9.10. The highest BCUT2D eigenvalue weighted by molar-refractivity contribution is 5.15. The van der Waals surface area contributed by atoms with E-state index in [0.717, 1.165) is 6.42 Å². The maximum absolute atomic E-state index is 4.03. The van der Waals surface area contributed by atoms with Crippen LogP contribution in [0.15, 0.2) is 6.20 Å². The van der Waals surface area contributed by atoms with Crippen LogP contribution in [-0.2, 0) is 6.42 Å². The van der Waals surface area contributed by atoms with Crippen molar-refractivity contribution < 1.29 is 0 Å². The Morgan fingerprint density at radius 2 is 2.46 bits per heavy atom. The summed E-state index contributed by atoms with van der Waals surface area (Å²) in [7, 11) is 0. The third-order valence-corrected chi connectivity index (χ3v) is 2.80. The van der Waals surface area contributed by atoms with E-state index < -0.39 is 0 Å². The molecule has 1 aliphatic rings. The monoisotopic (exact) mass is 179 g/mol. The minimum atomic E-state index is 0.660. The van der Waals surface area contributed by atoms with E-state index in [1.54, 1.807) is 0 Å². The predicted molar refractivity (Wildman–Crippen MR) is 52.7 cm³/mol. The van der Waals surface area contributed by atoms with Crippen LogP contribution in [0.5, 0.6) is 0 Å². The second-order valence-electron chi connectivity index (χ2n) is 3.88. The topological polar surface area (TPSA) is 40.7 Å². The number of hydrogen-bond acceptors (Lipinski definition) is 2. The first-order valence-corrected chi connectivity index (χ1v) is 5.08. The Morgan fingerprint density at radius 3 is 3.08 bits per heavy atom. The van der Waals surface area contributed by atoms with Crippen molar-refractivity contribution in [2.45, 2.75) is 38.6 Å². The van der Waals surface area contributed by atoms with Gasteiger partial charge in [-0.15, -0.1) is 0 Å². The minimum absolute atomic E-state index is 0.660. The molecule has 0 aromatic carbocycles. The summed E-state index contributed by atoms with van der Waals surface area (Å²) >= 11 is 0. The SMILES string of the molecule is Cc1cn[nH]c1CC1CCCCN1. The summed E-state index contributed by atoms with van der Waals surface area (Å²) in [5.74, 6) is 0. The number of H-pyrrole nitrogens is 1. The normalized spacial score (nSPS) is 23.3. The molecule has 2 heterocycles. The van der Waals surface area contributed by atoms with Crippen molar-refractivity contribution in [2.24, 2.45) is 0 Å². The Morgan fingerprint density at radius 1 is 1.54 bits per heavy atom. The maximum Gasteiger partial charge on any atom is 0.0519 e. The number of rotatable bonds is 2. The Hall–Kier alpha value is -0.830. The number of aryl methyl sites for hydroxylation is 1. The molecule has 1 fully saturated rings. The highest BCUT2D eigenvalue weighted by Crippen LogP contribution is 2.13. The molecule has 0 radical (unpaired) electrons. The average Bonchev–Trinajstić information content (AvgIpc) is 2.54. The largest absolute Gasteiger partial charge is 0.314 e. The van der Waals surface area contributed by atoms with Gasteiger partial charge >= 0.3 is 0 Å². The lowest BCUT2D eigenvalue weighted by Gasteiger charge is -2.22. The van der Waals surface area contributed by atoms with E-state index in [9.17, 15) is 0 Å². The molecule has 1 atom stereocenters. The van der Waals surface area contributed by atoms with E-state index in [1.165, 1.54) is 37.1 Å². The summed E-state index contributed by atoms with van der Waals surface area (Å²) in [5.41, 5.74) is 2.58. The number of aromatic nitrogens is 2. The molecular weight excluding hydrogens is 162 g/mol. The summed E-state index contributed by atoms with van der Waals surface area (Å²) < 4.78 is 0. The van der Waals surface area contributed by atoms with Gasteiger partial charge in [0, 0.05) is 18.2 Å². The second-order valence-corrected chi connectivity index (χ2v) is 3.88. The maximum atomic E-state index is 4.03. The third kappa shape index (κ3) is 2.10. The van der Waals surface area contributed by atoms with Crippen LogP contribution in [-0.4, -0.2) is 22.8 Å². The highest BCUT2D eigenvalue weighted by Gasteiger charge is 2.14. The smallest absolute Gasteiger partial charge is 0.0519 e. The molecule has 0 amide bonds.